The number of H-pyrrole nitrogens is 1. The lowest BCUT2D eigenvalue weighted by molar-refractivity contribution is 0.112. The molecule has 0 aliphatic rings. The number of hydrogen-bond acceptors (Lipinski definition) is 1. The highest BCUT2D eigenvalue weighted by Gasteiger charge is 2.03. The van der Waals surface area contributed by atoms with Crippen LogP contribution in [0.2, 0.25) is 5.02 Å². The van der Waals surface area contributed by atoms with Gasteiger partial charge in [0.15, 0.2) is 6.29 Å². The molecule has 0 spiro atoms. The summed E-state index contributed by atoms with van der Waals surface area (Å²) in [4.78, 5) is 13.5. The molecule has 0 bridgehead atoms. The molecule has 2 nitrogen and oxygen atoms in total. The Morgan fingerprint density at radius 2 is 2.15 bits per heavy atom. The number of nitrogens with one attached hydrogen (secondary N) is 1. The van der Waals surface area contributed by atoms with Crippen LogP contribution in [-0.4, -0.2) is 11.3 Å². The fraction of sp³-hybridized carbons (Fsp3) is 0. The Morgan fingerprint density at radius 1 is 1.38 bits per heavy atom. The van der Waals surface area contributed by atoms with Crippen molar-refractivity contribution in [2.45, 2.75) is 0 Å². The van der Waals surface area contributed by atoms with Crippen LogP contribution < -0.4 is 0 Å². The van der Waals surface area contributed by atoms with Crippen LogP contribution in [0, 0.1) is 3.57 Å². The lowest BCUT2D eigenvalue weighted by atomic mass is 10.2. The minimum absolute atomic E-state index is 0.577. The van der Waals surface area contributed by atoms with Gasteiger partial charge in [0.05, 0.1) is 10.7 Å². The van der Waals surface area contributed by atoms with Gasteiger partial charge in [-0.25, -0.2) is 0 Å². The van der Waals surface area contributed by atoms with Crippen LogP contribution in [0.5, 0.6) is 0 Å². The maximum Gasteiger partial charge on any atom is 0.166 e. The van der Waals surface area contributed by atoms with Gasteiger partial charge in [-0.2, -0.15) is 0 Å². The van der Waals surface area contributed by atoms with Crippen molar-refractivity contribution in [3.8, 4) is 0 Å². The summed E-state index contributed by atoms with van der Waals surface area (Å²) >= 11 is 8.08. The molecule has 1 aromatic carbocycles. The number of aromatic amines is 1. The van der Waals surface area contributed by atoms with E-state index in [-0.39, 0.29) is 0 Å². The Kier molecular flexibility index (Phi) is 2.29. The number of hydrogen-bond donors (Lipinski definition) is 1. The van der Waals surface area contributed by atoms with E-state index >= 15 is 0 Å². The predicted octanol–water partition coefficient (Wildman–Crippen LogP) is 3.24. The van der Waals surface area contributed by atoms with Gasteiger partial charge in [-0.05, 0) is 40.8 Å². The summed E-state index contributed by atoms with van der Waals surface area (Å²) in [5.41, 5.74) is 1.52. The summed E-state index contributed by atoms with van der Waals surface area (Å²) in [6, 6.07) is 5.55. The zero-order valence-corrected chi connectivity index (χ0v) is 9.39. The van der Waals surface area contributed by atoms with E-state index in [1.807, 2.05) is 12.1 Å². The van der Waals surface area contributed by atoms with E-state index in [9.17, 15) is 4.79 Å². The number of carbonyl (C=O) groups is 1. The van der Waals surface area contributed by atoms with E-state index < -0.39 is 0 Å². The molecular weight excluding hydrogens is 300 g/mol. The first kappa shape index (κ1) is 9.02. The van der Waals surface area contributed by atoms with Crippen LogP contribution in [-0.2, 0) is 0 Å². The van der Waals surface area contributed by atoms with E-state index in [2.05, 4.69) is 27.6 Å². The van der Waals surface area contributed by atoms with Crippen molar-refractivity contribution in [2.75, 3.05) is 0 Å². The van der Waals surface area contributed by atoms with Crippen LogP contribution in [0.1, 0.15) is 10.5 Å². The zero-order chi connectivity index (χ0) is 9.42. The second-order valence-corrected chi connectivity index (χ2v) is 4.27. The molecular formula is C9H5ClINO. The Balaban J connectivity index is 2.77. The number of halogens is 2. The molecule has 2 rings (SSSR count). The smallest absolute Gasteiger partial charge is 0.166 e. The number of rotatable bonds is 1. The third kappa shape index (κ3) is 1.58. The van der Waals surface area contributed by atoms with Crippen molar-refractivity contribution in [1.29, 1.82) is 0 Å². The van der Waals surface area contributed by atoms with Gasteiger partial charge in [-0.3, -0.25) is 4.79 Å². The van der Waals surface area contributed by atoms with E-state index in [1.54, 1.807) is 6.07 Å². The normalized spacial score (nSPS) is 10.6. The summed E-state index contributed by atoms with van der Waals surface area (Å²) in [6.07, 6.45) is 0.792. The molecule has 0 unspecified atom stereocenters. The molecule has 66 valence electrons. The van der Waals surface area contributed by atoms with E-state index in [1.165, 1.54) is 0 Å². The van der Waals surface area contributed by atoms with Gasteiger partial charge in [-0.15, -0.1) is 0 Å². The summed E-state index contributed by atoms with van der Waals surface area (Å²) in [6.45, 7) is 0. The lowest BCUT2D eigenvalue weighted by Gasteiger charge is -1.94. The molecule has 0 saturated heterocycles. The Hall–Kier alpha value is -0.550. The highest BCUT2D eigenvalue weighted by molar-refractivity contribution is 14.1. The van der Waals surface area contributed by atoms with Gasteiger partial charge in [0.1, 0.15) is 0 Å². The largest absolute Gasteiger partial charge is 0.352 e. The number of fused-ring (bicyclic) bond motifs is 1. The minimum Gasteiger partial charge on any atom is -0.352 e. The summed E-state index contributed by atoms with van der Waals surface area (Å²) in [5.74, 6) is 0. The Bertz CT molecular complexity index is 439. The van der Waals surface area contributed by atoms with Gasteiger partial charge in [0, 0.05) is 14.5 Å². The van der Waals surface area contributed by atoms with Crippen molar-refractivity contribution >= 4 is 51.4 Å². The van der Waals surface area contributed by atoms with Gasteiger partial charge in [0.25, 0.3) is 0 Å². The van der Waals surface area contributed by atoms with Crippen molar-refractivity contribution in [2.24, 2.45) is 0 Å². The third-order valence-electron chi connectivity index (χ3n) is 1.81. The molecule has 0 atom stereocenters. The topological polar surface area (TPSA) is 32.9 Å². The summed E-state index contributed by atoms with van der Waals surface area (Å²) in [7, 11) is 0. The lowest BCUT2D eigenvalue weighted by Crippen LogP contribution is -1.76. The standard InChI is InChI=1S/C9H5ClINO/c10-7-2-5-1-6(4-13)12-9(5)3-8(7)11/h1-4,12H. The van der Waals surface area contributed by atoms with Gasteiger partial charge >= 0.3 is 0 Å². The fourth-order valence-electron chi connectivity index (χ4n) is 1.21. The first-order valence-corrected chi connectivity index (χ1v) is 5.09. The van der Waals surface area contributed by atoms with Crippen molar-refractivity contribution in [1.82, 2.24) is 4.98 Å². The average Bonchev–Trinajstić information content (AvgIpc) is 2.48. The van der Waals surface area contributed by atoms with Gasteiger partial charge in [0.2, 0.25) is 0 Å². The van der Waals surface area contributed by atoms with Crippen molar-refractivity contribution in [3.05, 3.63) is 32.5 Å². The molecule has 0 amide bonds. The monoisotopic (exact) mass is 305 g/mol. The average molecular weight is 306 g/mol. The minimum atomic E-state index is 0.577. The molecule has 1 N–H and O–H groups in total. The maximum atomic E-state index is 10.5. The molecule has 1 heterocycles. The van der Waals surface area contributed by atoms with Crippen LogP contribution >= 0.6 is 34.2 Å². The molecule has 0 radical (unpaired) electrons. The quantitative estimate of drug-likeness (QED) is 0.637. The second kappa shape index (κ2) is 3.31. The highest BCUT2D eigenvalue weighted by atomic mass is 127. The van der Waals surface area contributed by atoms with Crippen LogP contribution in [0.4, 0.5) is 0 Å². The molecule has 13 heavy (non-hydrogen) atoms. The molecule has 0 aliphatic heterocycles. The fourth-order valence-corrected chi connectivity index (χ4v) is 1.85. The number of aldehydes is 1. The SMILES string of the molecule is O=Cc1cc2cc(Cl)c(I)cc2[nH]1. The van der Waals surface area contributed by atoms with Crippen LogP contribution in [0.15, 0.2) is 18.2 Å². The van der Waals surface area contributed by atoms with Crippen molar-refractivity contribution in [3.63, 3.8) is 0 Å². The van der Waals surface area contributed by atoms with Crippen molar-refractivity contribution < 1.29 is 4.79 Å². The van der Waals surface area contributed by atoms with Crippen LogP contribution in [0.25, 0.3) is 10.9 Å². The first-order chi connectivity index (χ1) is 6.20. The third-order valence-corrected chi connectivity index (χ3v) is 3.33. The van der Waals surface area contributed by atoms with E-state index in [0.29, 0.717) is 10.7 Å². The van der Waals surface area contributed by atoms with Gasteiger partial charge in [-0.1, -0.05) is 11.6 Å². The molecule has 4 heteroatoms. The predicted molar refractivity (Wildman–Crippen MR) is 61.4 cm³/mol. The second-order valence-electron chi connectivity index (χ2n) is 2.70. The molecule has 2 aromatic rings. The number of carbonyl (C=O) groups excluding carboxylic acids is 1. The summed E-state index contributed by atoms with van der Waals surface area (Å²) < 4.78 is 0.978. The highest BCUT2D eigenvalue weighted by Crippen LogP contribution is 2.25. The molecule has 0 aliphatic carbocycles. The zero-order valence-electron chi connectivity index (χ0n) is 6.47. The molecule has 0 fully saturated rings. The van der Waals surface area contributed by atoms with Crippen LogP contribution in [0.3, 0.4) is 0 Å². The van der Waals surface area contributed by atoms with E-state index in [4.69, 9.17) is 11.6 Å². The maximum absolute atomic E-state index is 10.5. The molecule has 0 saturated carbocycles. The van der Waals surface area contributed by atoms with E-state index in [0.717, 1.165) is 20.8 Å². The Labute approximate surface area is 93.4 Å². The summed E-state index contributed by atoms with van der Waals surface area (Å²) in [5, 5.41) is 1.68. The van der Waals surface area contributed by atoms with Gasteiger partial charge < -0.3 is 4.98 Å². The molecule has 1 aromatic heterocycles. The first-order valence-electron chi connectivity index (χ1n) is 3.63. The Morgan fingerprint density at radius 3 is 2.85 bits per heavy atom. The number of aromatic nitrogens is 1. The number of benzene rings is 1.